The number of carbonyl (C=O) groups excluding carboxylic acids is 1. The molecule has 0 radical (unpaired) electrons. The molecule has 5 aromatic rings. The Morgan fingerprint density at radius 1 is 0.889 bits per heavy atom. The molecule has 4 aromatic carbocycles. The fourth-order valence-corrected chi connectivity index (χ4v) is 4.75. The molecule has 0 unspecified atom stereocenters. The number of nitrogens with one attached hydrogen (secondary N) is 2. The Morgan fingerprint density at radius 2 is 1.67 bits per heavy atom. The standard InChI is InChI=1S/C29H21Cl2N3O2/c30-25-12-11-21(15-26(25)31)36-20-9-6-18(7-10-20)28-24-14-19(8-13-27(24)33-34-28)32-29(35)23-16-22(23)17-4-2-1-3-5-17/h1-15,22-23H,16H2,(H,32,35)(H,33,34)/t22-,23+/m0/s1. The number of rotatable bonds is 6. The molecule has 2 atom stereocenters. The third-order valence-electron chi connectivity index (χ3n) is 6.44. The number of benzene rings is 4. The Kier molecular flexibility index (Phi) is 5.88. The van der Waals surface area contributed by atoms with E-state index in [9.17, 15) is 4.79 Å². The van der Waals surface area contributed by atoms with Gasteiger partial charge in [-0.25, -0.2) is 0 Å². The van der Waals surface area contributed by atoms with Crippen LogP contribution in [0.25, 0.3) is 22.2 Å². The van der Waals surface area contributed by atoms with Crippen LogP contribution in [-0.2, 0) is 4.79 Å². The molecule has 1 saturated carbocycles. The zero-order valence-electron chi connectivity index (χ0n) is 19.0. The van der Waals surface area contributed by atoms with E-state index in [0.717, 1.165) is 34.3 Å². The van der Waals surface area contributed by atoms with Crippen LogP contribution in [0.4, 0.5) is 5.69 Å². The average molecular weight is 514 g/mol. The number of ether oxygens (including phenoxy) is 1. The SMILES string of the molecule is O=C(Nc1ccc2[nH]nc(-c3ccc(Oc4ccc(Cl)c(Cl)c4)cc3)c2c1)[C@@H]1C[C@H]1c1ccccc1. The molecule has 0 aliphatic heterocycles. The summed E-state index contributed by atoms with van der Waals surface area (Å²) in [5.74, 6) is 1.63. The number of H-pyrrole nitrogens is 1. The molecule has 6 rings (SSSR count). The lowest BCUT2D eigenvalue weighted by atomic mass is 10.1. The van der Waals surface area contributed by atoms with Crippen molar-refractivity contribution in [3.8, 4) is 22.8 Å². The lowest BCUT2D eigenvalue weighted by Gasteiger charge is -2.08. The summed E-state index contributed by atoms with van der Waals surface area (Å²) < 4.78 is 5.89. The third-order valence-corrected chi connectivity index (χ3v) is 7.18. The normalized spacial score (nSPS) is 16.6. The molecule has 178 valence electrons. The number of halogens is 2. The van der Waals surface area contributed by atoms with Crippen molar-refractivity contribution in [2.75, 3.05) is 5.32 Å². The minimum absolute atomic E-state index is 0.00924. The number of nitrogens with zero attached hydrogens (tertiary/aromatic N) is 1. The molecule has 7 heteroatoms. The van der Waals surface area contributed by atoms with E-state index in [0.29, 0.717) is 27.5 Å². The van der Waals surface area contributed by atoms with Crippen LogP contribution in [0.15, 0.2) is 91.0 Å². The summed E-state index contributed by atoms with van der Waals surface area (Å²) in [6.45, 7) is 0. The van der Waals surface area contributed by atoms with Crippen molar-refractivity contribution < 1.29 is 9.53 Å². The first-order chi connectivity index (χ1) is 17.5. The molecule has 0 spiro atoms. The van der Waals surface area contributed by atoms with Crippen molar-refractivity contribution in [2.45, 2.75) is 12.3 Å². The molecular weight excluding hydrogens is 493 g/mol. The van der Waals surface area contributed by atoms with Crippen LogP contribution in [0, 0.1) is 5.92 Å². The monoisotopic (exact) mass is 513 g/mol. The van der Waals surface area contributed by atoms with E-state index in [-0.39, 0.29) is 11.8 Å². The van der Waals surface area contributed by atoms with Gasteiger partial charge in [0.05, 0.1) is 21.3 Å². The van der Waals surface area contributed by atoms with Gasteiger partial charge in [0.2, 0.25) is 5.91 Å². The molecule has 1 amide bonds. The van der Waals surface area contributed by atoms with Crippen molar-refractivity contribution in [3.63, 3.8) is 0 Å². The van der Waals surface area contributed by atoms with E-state index in [2.05, 4.69) is 27.6 Å². The summed E-state index contributed by atoms with van der Waals surface area (Å²) in [5.41, 5.74) is 4.60. The zero-order chi connectivity index (χ0) is 24.6. The van der Waals surface area contributed by atoms with E-state index in [4.69, 9.17) is 27.9 Å². The lowest BCUT2D eigenvalue weighted by Crippen LogP contribution is -2.14. The summed E-state index contributed by atoms with van der Waals surface area (Å²) in [5, 5.41) is 12.5. The van der Waals surface area contributed by atoms with Crippen molar-refractivity contribution in [2.24, 2.45) is 5.92 Å². The van der Waals surface area contributed by atoms with E-state index in [1.165, 1.54) is 5.56 Å². The van der Waals surface area contributed by atoms with Gasteiger partial charge in [0, 0.05) is 28.6 Å². The van der Waals surface area contributed by atoms with Crippen molar-refractivity contribution >= 4 is 45.7 Å². The fourth-order valence-electron chi connectivity index (χ4n) is 4.46. The van der Waals surface area contributed by atoms with E-state index >= 15 is 0 Å². The van der Waals surface area contributed by atoms with E-state index < -0.39 is 0 Å². The summed E-state index contributed by atoms with van der Waals surface area (Å²) in [4.78, 5) is 12.9. The first-order valence-electron chi connectivity index (χ1n) is 11.6. The zero-order valence-corrected chi connectivity index (χ0v) is 20.6. The molecule has 1 aliphatic carbocycles. The number of anilines is 1. The molecule has 5 nitrogen and oxygen atoms in total. The molecule has 1 heterocycles. The first-order valence-corrected chi connectivity index (χ1v) is 12.4. The highest BCUT2D eigenvalue weighted by molar-refractivity contribution is 6.42. The highest BCUT2D eigenvalue weighted by Crippen LogP contribution is 2.48. The second kappa shape index (κ2) is 9.34. The minimum Gasteiger partial charge on any atom is -0.457 e. The quantitative estimate of drug-likeness (QED) is 0.241. The van der Waals surface area contributed by atoms with Gasteiger partial charge in [-0.3, -0.25) is 9.89 Å². The Morgan fingerprint density at radius 3 is 2.44 bits per heavy atom. The van der Waals surface area contributed by atoms with Crippen LogP contribution < -0.4 is 10.1 Å². The van der Waals surface area contributed by atoms with E-state index in [1.54, 1.807) is 18.2 Å². The lowest BCUT2D eigenvalue weighted by molar-refractivity contribution is -0.117. The van der Waals surface area contributed by atoms with Crippen molar-refractivity contribution in [1.82, 2.24) is 10.2 Å². The predicted octanol–water partition coefficient (Wildman–Crippen LogP) is 8.07. The number of aromatic nitrogens is 2. The smallest absolute Gasteiger partial charge is 0.228 e. The second-order valence-electron chi connectivity index (χ2n) is 8.88. The highest BCUT2D eigenvalue weighted by atomic mass is 35.5. The van der Waals surface area contributed by atoms with Gasteiger partial charge >= 0.3 is 0 Å². The predicted molar refractivity (Wildman–Crippen MR) is 144 cm³/mol. The number of hydrogen-bond acceptors (Lipinski definition) is 3. The number of hydrogen-bond donors (Lipinski definition) is 2. The maximum absolute atomic E-state index is 12.9. The summed E-state index contributed by atoms with van der Waals surface area (Å²) in [7, 11) is 0. The Balaban J connectivity index is 1.18. The Labute approximate surface area is 218 Å². The van der Waals surface area contributed by atoms with Crippen molar-refractivity contribution in [1.29, 1.82) is 0 Å². The maximum Gasteiger partial charge on any atom is 0.228 e. The molecule has 0 saturated heterocycles. The average Bonchev–Trinajstić information content (AvgIpc) is 3.60. The number of amides is 1. The van der Waals surface area contributed by atoms with Crippen LogP contribution >= 0.6 is 23.2 Å². The Bertz CT molecular complexity index is 1570. The van der Waals surface area contributed by atoms with Gasteiger partial charge in [-0.1, -0.05) is 53.5 Å². The van der Waals surface area contributed by atoms with Gasteiger partial charge in [0.25, 0.3) is 0 Å². The summed E-state index contributed by atoms with van der Waals surface area (Å²) in [6.07, 6.45) is 0.881. The number of carbonyl (C=O) groups is 1. The fraction of sp³-hybridized carbons (Fsp3) is 0.103. The third kappa shape index (κ3) is 4.55. The van der Waals surface area contributed by atoms with Crippen LogP contribution in [0.5, 0.6) is 11.5 Å². The van der Waals surface area contributed by atoms with Crippen molar-refractivity contribution in [3.05, 3.63) is 107 Å². The van der Waals surface area contributed by atoms with Crippen LogP contribution in [0.3, 0.4) is 0 Å². The molecule has 1 fully saturated rings. The molecule has 1 aliphatic rings. The largest absolute Gasteiger partial charge is 0.457 e. The second-order valence-corrected chi connectivity index (χ2v) is 9.70. The van der Waals surface area contributed by atoms with Crippen LogP contribution in [0.2, 0.25) is 10.0 Å². The highest BCUT2D eigenvalue weighted by Gasteiger charge is 2.43. The molecule has 2 N–H and O–H groups in total. The molecule has 36 heavy (non-hydrogen) atoms. The minimum atomic E-state index is 0.00924. The van der Waals surface area contributed by atoms with Gasteiger partial charge in [-0.2, -0.15) is 5.10 Å². The van der Waals surface area contributed by atoms with E-state index in [1.807, 2.05) is 60.7 Å². The van der Waals surface area contributed by atoms with Gasteiger partial charge in [0.1, 0.15) is 11.5 Å². The maximum atomic E-state index is 12.9. The molecular formula is C29H21Cl2N3O2. The number of fused-ring (bicyclic) bond motifs is 1. The van der Waals surface area contributed by atoms with Gasteiger partial charge in [0.15, 0.2) is 0 Å². The summed E-state index contributed by atoms with van der Waals surface area (Å²) >= 11 is 12.1. The topological polar surface area (TPSA) is 67.0 Å². The molecule has 1 aromatic heterocycles. The number of aromatic amines is 1. The Hall–Kier alpha value is -3.80. The van der Waals surface area contributed by atoms with Crippen LogP contribution in [0.1, 0.15) is 17.9 Å². The van der Waals surface area contributed by atoms with Gasteiger partial charge in [-0.05, 0) is 72.5 Å². The van der Waals surface area contributed by atoms with Crippen LogP contribution in [-0.4, -0.2) is 16.1 Å². The molecule has 0 bridgehead atoms. The van der Waals surface area contributed by atoms with Gasteiger partial charge < -0.3 is 10.1 Å². The summed E-state index contributed by atoms with van der Waals surface area (Å²) in [6, 6.07) is 28.8. The first kappa shape index (κ1) is 22.7. The van der Waals surface area contributed by atoms with Gasteiger partial charge in [-0.15, -0.1) is 0 Å².